The molecule has 0 saturated carbocycles. The van der Waals surface area contributed by atoms with Crippen LogP contribution < -0.4 is 0 Å². The monoisotopic (exact) mass is 368 g/mol. The van der Waals surface area contributed by atoms with Crippen LogP contribution in [0.1, 0.15) is 19.8 Å². The Kier molecular flexibility index (Phi) is 6.13. The van der Waals surface area contributed by atoms with Gasteiger partial charge in [0.15, 0.2) is 0 Å². The number of alkyl halides is 5. The molecule has 1 atom stereocenters. The summed E-state index contributed by atoms with van der Waals surface area (Å²) in [6, 6.07) is 0. The molecule has 0 amide bonds. The molecule has 0 bridgehead atoms. The van der Waals surface area contributed by atoms with Gasteiger partial charge in [0.1, 0.15) is 0 Å². The Balaban J connectivity index is 5.75. The van der Waals surface area contributed by atoms with Crippen molar-refractivity contribution in [3.63, 3.8) is 0 Å². The molecule has 0 fully saturated rings. The standard InChI is InChI=1S/C6H11F5O8P2/c1-2-3-4(7,18-20(12,13)14)5(8,9)6(10,11)19-21(15,16)17/h2-3H2,1H3,(H2,12,13,14)(H2,15,16,17). The van der Waals surface area contributed by atoms with Gasteiger partial charge in [0.2, 0.25) is 0 Å². The summed E-state index contributed by atoms with van der Waals surface area (Å²) in [5.74, 6) is -11.0. The molecule has 128 valence electrons. The van der Waals surface area contributed by atoms with E-state index in [1.165, 1.54) is 0 Å². The van der Waals surface area contributed by atoms with E-state index in [-0.39, 0.29) is 0 Å². The van der Waals surface area contributed by atoms with Crippen molar-refractivity contribution in [1.29, 1.82) is 0 Å². The van der Waals surface area contributed by atoms with E-state index in [1.807, 2.05) is 0 Å². The van der Waals surface area contributed by atoms with Gasteiger partial charge in [0, 0.05) is 6.42 Å². The summed E-state index contributed by atoms with van der Waals surface area (Å²) in [6.45, 7) is 0.995. The molecule has 1 unspecified atom stereocenters. The lowest BCUT2D eigenvalue weighted by atomic mass is 10.0. The minimum atomic E-state index is -6.17. The normalized spacial score (nSPS) is 17.6. The van der Waals surface area contributed by atoms with Crippen LogP contribution in [-0.2, 0) is 18.2 Å². The van der Waals surface area contributed by atoms with Gasteiger partial charge in [-0.15, -0.1) is 0 Å². The molecule has 0 aliphatic carbocycles. The third-order valence-corrected chi connectivity index (χ3v) is 2.90. The summed E-state index contributed by atoms with van der Waals surface area (Å²) < 4.78 is 93.1. The molecule has 0 aliphatic rings. The quantitative estimate of drug-likeness (QED) is 0.377. The van der Waals surface area contributed by atoms with Crippen LogP contribution in [0.4, 0.5) is 22.0 Å². The molecule has 0 aromatic carbocycles. The highest BCUT2D eigenvalue weighted by Gasteiger charge is 2.75. The average Bonchev–Trinajstić information content (AvgIpc) is 2.09. The zero-order valence-corrected chi connectivity index (χ0v) is 11.9. The van der Waals surface area contributed by atoms with Crippen molar-refractivity contribution in [2.45, 2.75) is 37.7 Å². The second-order valence-corrected chi connectivity index (χ2v) is 6.06. The van der Waals surface area contributed by atoms with Crippen LogP contribution in [0.25, 0.3) is 0 Å². The maximum atomic E-state index is 13.9. The topological polar surface area (TPSA) is 134 Å². The number of phosphoric acid groups is 2. The number of phosphoric ester groups is 2. The second kappa shape index (κ2) is 6.17. The summed E-state index contributed by atoms with van der Waals surface area (Å²) in [5, 5.41) is 0. The molecule has 0 aromatic heterocycles. The lowest BCUT2D eigenvalue weighted by molar-refractivity contribution is -0.387. The summed E-state index contributed by atoms with van der Waals surface area (Å²) >= 11 is 0. The number of hydrogen-bond donors (Lipinski definition) is 4. The molecule has 0 aromatic rings. The maximum Gasteiger partial charge on any atom is 0.474 e. The van der Waals surface area contributed by atoms with Crippen molar-refractivity contribution in [2.24, 2.45) is 0 Å². The summed E-state index contributed by atoms with van der Waals surface area (Å²) in [4.78, 5) is 32.8. The molecule has 0 radical (unpaired) electrons. The Hall–Kier alpha value is -0.130. The fraction of sp³-hybridized carbons (Fsp3) is 1.00. The Morgan fingerprint density at radius 2 is 1.29 bits per heavy atom. The summed E-state index contributed by atoms with van der Waals surface area (Å²) in [7, 11) is -12.1. The highest BCUT2D eigenvalue weighted by atomic mass is 31.2. The van der Waals surface area contributed by atoms with Crippen LogP contribution in [-0.4, -0.2) is 37.5 Å². The van der Waals surface area contributed by atoms with Gasteiger partial charge in [-0.05, 0) is 0 Å². The lowest BCUT2D eigenvalue weighted by Gasteiger charge is -2.36. The molecule has 8 nitrogen and oxygen atoms in total. The van der Waals surface area contributed by atoms with Gasteiger partial charge in [0.25, 0.3) is 5.85 Å². The van der Waals surface area contributed by atoms with Crippen molar-refractivity contribution in [3.8, 4) is 0 Å². The largest absolute Gasteiger partial charge is 0.474 e. The van der Waals surface area contributed by atoms with Crippen molar-refractivity contribution < 1.29 is 59.7 Å². The Bertz CT molecular complexity index is 460. The Labute approximate surface area is 114 Å². The van der Waals surface area contributed by atoms with Crippen LogP contribution in [0.3, 0.4) is 0 Å². The van der Waals surface area contributed by atoms with Crippen molar-refractivity contribution in [3.05, 3.63) is 0 Å². The lowest BCUT2D eigenvalue weighted by Crippen LogP contribution is -2.58. The van der Waals surface area contributed by atoms with Gasteiger partial charge in [-0.2, -0.15) is 17.6 Å². The number of hydrogen-bond acceptors (Lipinski definition) is 4. The van der Waals surface area contributed by atoms with E-state index < -0.39 is 46.4 Å². The first kappa shape index (κ1) is 20.9. The number of halogens is 5. The van der Waals surface area contributed by atoms with E-state index in [2.05, 4.69) is 9.05 Å². The van der Waals surface area contributed by atoms with E-state index in [0.717, 1.165) is 6.92 Å². The van der Waals surface area contributed by atoms with Crippen LogP contribution in [0.15, 0.2) is 0 Å². The second-order valence-electron chi connectivity index (χ2n) is 3.73. The summed E-state index contributed by atoms with van der Waals surface area (Å²) in [6.07, 6.45) is -8.35. The van der Waals surface area contributed by atoms with Crippen LogP contribution in [0, 0.1) is 0 Å². The molecule has 21 heavy (non-hydrogen) atoms. The highest BCUT2D eigenvalue weighted by molar-refractivity contribution is 7.46. The fourth-order valence-corrected chi connectivity index (χ4v) is 2.19. The van der Waals surface area contributed by atoms with Crippen molar-refractivity contribution in [2.75, 3.05) is 0 Å². The Morgan fingerprint density at radius 1 is 0.905 bits per heavy atom. The van der Waals surface area contributed by atoms with E-state index in [9.17, 15) is 31.1 Å². The van der Waals surface area contributed by atoms with E-state index in [4.69, 9.17) is 19.6 Å². The van der Waals surface area contributed by atoms with Crippen LogP contribution in [0.5, 0.6) is 0 Å². The molecule has 0 saturated heterocycles. The fourth-order valence-electron chi connectivity index (χ4n) is 1.19. The first-order chi connectivity index (χ1) is 8.97. The maximum absolute atomic E-state index is 13.9. The van der Waals surface area contributed by atoms with Crippen LogP contribution in [0.2, 0.25) is 0 Å². The van der Waals surface area contributed by atoms with Gasteiger partial charge < -0.3 is 19.6 Å². The molecule has 15 heteroatoms. The minimum absolute atomic E-state index is 0.627. The van der Waals surface area contributed by atoms with Gasteiger partial charge in [0.05, 0.1) is 0 Å². The first-order valence-corrected chi connectivity index (χ1v) is 8.00. The van der Waals surface area contributed by atoms with Crippen molar-refractivity contribution in [1.82, 2.24) is 0 Å². The molecular weight excluding hydrogens is 357 g/mol. The zero-order chi connectivity index (χ0) is 17.3. The molecule has 0 rings (SSSR count). The molecule has 4 N–H and O–H groups in total. The highest BCUT2D eigenvalue weighted by Crippen LogP contribution is 2.57. The molecule has 0 aliphatic heterocycles. The molecular formula is C6H11F5O8P2. The van der Waals surface area contributed by atoms with E-state index >= 15 is 0 Å². The third kappa shape index (κ3) is 5.53. The van der Waals surface area contributed by atoms with E-state index in [0.29, 0.717) is 0 Å². The predicted octanol–water partition coefficient (Wildman–Crippen LogP) is 1.90. The van der Waals surface area contributed by atoms with Crippen LogP contribution >= 0.6 is 15.6 Å². The van der Waals surface area contributed by atoms with E-state index in [1.54, 1.807) is 0 Å². The third-order valence-electron chi connectivity index (χ3n) is 1.90. The predicted molar refractivity (Wildman–Crippen MR) is 54.9 cm³/mol. The molecule has 0 spiro atoms. The smallest absolute Gasteiger partial charge is 0.303 e. The summed E-state index contributed by atoms with van der Waals surface area (Å²) in [5.41, 5.74) is 0. The minimum Gasteiger partial charge on any atom is -0.303 e. The van der Waals surface area contributed by atoms with Gasteiger partial charge in [-0.25, -0.2) is 22.6 Å². The van der Waals surface area contributed by atoms with Crippen molar-refractivity contribution >= 4 is 15.6 Å². The Morgan fingerprint density at radius 3 is 1.57 bits per heavy atom. The van der Waals surface area contributed by atoms with Gasteiger partial charge >= 0.3 is 27.7 Å². The zero-order valence-electron chi connectivity index (χ0n) is 10.1. The first-order valence-electron chi connectivity index (χ1n) is 4.94. The van der Waals surface area contributed by atoms with Gasteiger partial charge in [-0.3, -0.25) is 0 Å². The SMILES string of the molecule is CCCC(F)(OP(=O)(O)O)C(F)(F)C(F)(F)OP(=O)(O)O. The molecule has 0 heterocycles. The van der Waals surface area contributed by atoms with Gasteiger partial charge in [-0.1, -0.05) is 13.3 Å². The number of rotatable bonds is 8. The average molecular weight is 368 g/mol.